The summed E-state index contributed by atoms with van der Waals surface area (Å²) in [4.78, 5) is 0. The Bertz CT molecular complexity index is 344. The van der Waals surface area contributed by atoms with Gasteiger partial charge in [0.1, 0.15) is 24.4 Å². The van der Waals surface area contributed by atoms with E-state index >= 15 is 0 Å². The molecule has 5 atom stereocenters. The smallest absolute Gasteiger partial charge is 0.186 e. The van der Waals surface area contributed by atoms with Crippen LogP contribution in [0, 0.1) is 0 Å². The maximum atomic E-state index is 10.9. The first-order valence-electron chi connectivity index (χ1n) is 11.5. The lowest BCUT2D eigenvalue weighted by molar-refractivity contribution is -0.315. The summed E-state index contributed by atoms with van der Waals surface area (Å²) in [6.07, 6.45) is 5.38. The fourth-order valence-corrected chi connectivity index (χ4v) is 3.08. The van der Waals surface area contributed by atoms with Gasteiger partial charge in [0.05, 0.1) is 6.61 Å². The zero-order chi connectivity index (χ0) is 20.6. The second-order valence-electron chi connectivity index (χ2n) is 7.56. The number of ether oxygens (including phenoxy) is 5. The molecule has 1 saturated heterocycles. The molecule has 1 heterocycles. The molecule has 168 valence electrons. The molecule has 1 fully saturated rings. The first-order chi connectivity index (χ1) is 13.7. The minimum Gasteiger partial charge on any atom is -0.385 e. The van der Waals surface area contributed by atoms with Crippen molar-refractivity contribution >= 4 is 0 Å². The van der Waals surface area contributed by atoms with Crippen molar-refractivity contribution in [2.24, 2.45) is 0 Å². The summed E-state index contributed by atoms with van der Waals surface area (Å²) in [6, 6.07) is 0. The van der Waals surface area contributed by atoms with Crippen LogP contribution in [0.1, 0.15) is 79.1 Å². The second kappa shape index (κ2) is 16.5. The molecule has 0 bridgehead atoms. The van der Waals surface area contributed by atoms with E-state index in [9.17, 15) is 5.11 Å². The predicted octanol–water partition coefficient (Wildman–Crippen LogP) is 4.08. The molecule has 0 aromatic heterocycles. The molecule has 1 aliphatic heterocycles. The van der Waals surface area contributed by atoms with Crippen LogP contribution in [0.15, 0.2) is 0 Å². The minimum absolute atomic E-state index is 0.310. The molecule has 1 unspecified atom stereocenters. The quantitative estimate of drug-likeness (QED) is 0.369. The van der Waals surface area contributed by atoms with Crippen LogP contribution in [0.4, 0.5) is 0 Å². The summed E-state index contributed by atoms with van der Waals surface area (Å²) >= 11 is 0. The normalized spacial score (nSPS) is 28.0. The molecule has 0 radical (unpaired) electrons. The van der Waals surface area contributed by atoms with Crippen LogP contribution in [0.25, 0.3) is 0 Å². The summed E-state index contributed by atoms with van der Waals surface area (Å²) in [5, 5.41) is 10.9. The second-order valence-corrected chi connectivity index (χ2v) is 7.56. The topological polar surface area (TPSA) is 66.4 Å². The molecule has 6 nitrogen and oxygen atoms in total. The van der Waals surface area contributed by atoms with Gasteiger partial charge in [0.25, 0.3) is 0 Å². The van der Waals surface area contributed by atoms with E-state index in [4.69, 9.17) is 23.7 Å². The van der Waals surface area contributed by atoms with Crippen molar-refractivity contribution in [2.75, 3.05) is 33.0 Å². The SMILES string of the molecule is CCCCOC[C@@H]1OC(OCCCC)[C@@H](O)[C@@H](OCCCC)[C@@H]1OCCCC. The molecular formula is C22H44O6. The number of hydrogen-bond acceptors (Lipinski definition) is 6. The van der Waals surface area contributed by atoms with E-state index < -0.39 is 18.5 Å². The third kappa shape index (κ3) is 9.51. The van der Waals surface area contributed by atoms with Crippen LogP contribution in [0.2, 0.25) is 0 Å². The number of hydrogen-bond donors (Lipinski definition) is 1. The van der Waals surface area contributed by atoms with Gasteiger partial charge in [0.15, 0.2) is 6.29 Å². The van der Waals surface area contributed by atoms with Crippen LogP contribution in [0.5, 0.6) is 0 Å². The van der Waals surface area contributed by atoms with Crippen LogP contribution >= 0.6 is 0 Å². The van der Waals surface area contributed by atoms with Gasteiger partial charge in [0.2, 0.25) is 0 Å². The highest BCUT2D eigenvalue weighted by atomic mass is 16.7. The Hall–Kier alpha value is -0.240. The lowest BCUT2D eigenvalue weighted by atomic mass is 9.98. The highest BCUT2D eigenvalue weighted by Crippen LogP contribution is 2.28. The Kier molecular flexibility index (Phi) is 15.2. The lowest BCUT2D eigenvalue weighted by Gasteiger charge is -2.44. The van der Waals surface area contributed by atoms with E-state index in [1.807, 2.05) is 0 Å². The van der Waals surface area contributed by atoms with E-state index in [0.717, 1.165) is 51.4 Å². The summed E-state index contributed by atoms with van der Waals surface area (Å²) in [5.41, 5.74) is 0. The molecule has 1 aliphatic rings. The molecule has 1 N–H and O–H groups in total. The van der Waals surface area contributed by atoms with Crippen molar-refractivity contribution in [1.82, 2.24) is 0 Å². The van der Waals surface area contributed by atoms with E-state index in [1.165, 1.54) is 0 Å². The number of aliphatic hydroxyl groups is 1. The Morgan fingerprint density at radius 2 is 1.18 bits per heavy atom. The van der Waals surface area contributed by atoms with E-state index in [2.05, 4.69) is 27.7 Å². The van der Waals surface area contributed by atoms with Crippen molar-refractivity contribution in [3.8, 4) is 0 Å². The Morgan fingerprint density at radius 1 is 0.679 bits per heavy atom. The summed E-state index contributed by atoms with van der Waals surface area (Å²) < 4.78 is 30.0. The van der Waals surface area contributed by atoms with Crippen molar-refractivity contribution in [3.63, 3.8) is 0 Å². The summed E-state index contributed by atoms with van der Waals surface area (Å²) in [5.74, 6) is 0. The standard InChI is InChI=1S/C22H44O6/c1-5-9-13-24-17-18-20(25-14-10-6-2)21(26-15-11-7-3)19(23)22(28-18)27-16-12-8-4/h18-23H,5-17H2,1-4H3/t18-,19-,20+,21+,22?/m0/s1. The van der Waals surface area contributed by atoms with Crippen molar-refractivity contribution < 1.29 is 28.8 Å². The molecule has 0 aromatic carbocycles. The lowest BCUT2D eigenvalue weighted by Crippen LogP contribution is -2.61. The van der Waals surface area contributed by atoms with Crippen molar-refractivity contribution in [2.45, 2.75) is 110 Å². The van der Waals surface area contributed by atoms with Gasteiger partial charge >= 0.3 is 0 Å². The minimum atomic E-state index is -0.868. The number of unbranched alkanes of at least 4 members (excludes halogenated alkanes) is 4. The molecule has 0 spiro atoms. The van der Waals surface area contributed by atoms with E-state index in [-0.39, 0.29) is 12.2 Å². The first-order valence-corrected chi connectivity index (χ1v) is 11.5. The van der Waals surface area contributed by atoms with Gasteiger partial charge in [-0.2, -0.15) is 0 Å². The zero-order valence-corrected chi connectivity index (χ0v) is 18.6. The third-order valence-corrected chi connectivity index (χ3v) is 4.94. The Balaban J connectivity index is 2.82. The van der Waals surface area contributed by atoms with Gasteiger partial charge < -0.3 is 28.8 Å². The summed E-state index contributed by atoms with van der Waals surface area (Å²) in [7, 11) is 0. The average molecular weight is 405 g/mol. The van der Waals surface area contributed by atoms with Gasteiger partial charge in [-0.05, 0) is 25.7 Å². The van der Waals surface area contributed by atoms with Crippen molar-refractivity contribution in [1.29, 1.82) is 0 Å². The van der Waals surface area contributed by atoms with Gasteiger partial charge in [-0.25, -0.2) is 0 Å². The summed E-state index contributed by atoms with van der Waals surface area (Å²) in [6.45, 7) is 11.4. The highest BCUT2D eigenvalue weighted by Gasteiger charge is 2.47. The predicted molar refractivity (Wildman–Crippen MR) is 111 cm³/mol. The van der Waals surface area contributed by atoms with Crippen LogP contribution in [-0.4, -0.2) is 68.8 Å². The zero-order valence-electron chi connectivity index (χ0n) is 18.6. The molecule has 0 aliphatic carbocycles. The molecule has 0 aromatic rings. The maximum absolute atomic E-state index is 10.9. The van der Waals surface area contributed by atoms with Crippen LogP contribution < -0.4 is 0 Å². The molecule has 28 heavy (non-hydrogen) atoms. The Morgan fingerprint density at radius 3 is 1.75 bits per heavy atom. The number of aliphatic hydroxyl groups excluding tert-OH is 1. The van der Waals surface area contributed by atoms with Gasteiger partial charge in [-0.3, -0.25) is 0 Å². The van der Waals surface area contributed by atoms with Crippen molar-refractivity contribution in [3.05, 3.63) is 0 Å². The molecular weight excluding hydrogens is 360 g/mol. The number of rotatable bonds is 17. The molecule has 6 heteroatoms. The third-order valence-electron chi connectivity index (χ3n) is 4.94. The van der Waals surface area contributed by atoms with Gasteiger partial charge in [-0.15, -0.1) is 0 Å². The van der Waals surface area contributed by atoms with Crippen LogP contribution in [-0.2, 0) is 23.7 Å². The fraction of sp³-hybridized carbons (Fsp3) is 1.00. The first kappa shape index (κ1) is 25.8. The molecule has 1 rings (SSSR count). The fourth-order valence-electron chi connectivity index (χ4n) is 3.08. The largest absolute Gasteiger partial charge is 0.385 e. The van der Waals surface area contributed by atoms with Gasteiger partial charge in [0, 0.05) is 26.4 Å². The van der Waals surface area contributed by atoms with E-state index in [1.54, 1.807) is 0 Å². The Labute approximate surface area is 172 Å². The van der Waals surface area contributed by atoms with Gasteiger partial charge in [-0.1, -0.05) is 53.4 Å². The van der Waals surface area contributed by atoms with Crippen LogP contribution in [0.3, 0.4) is 0 Å². The molecule has 0 amide bonds. The highest BCUT2D eigenvalue weighted by molar-refractivity contribution is 4.92. The molecule has 0 saturated carbocycles. The van der Waals surface area contributed by atoms with E-state index in [0.29, 0.717) is 33.0 Å². The monoisotopic (exact) mass is 404 g/mol. The maximum Gasteiger partial charge on any atom is 0.186 e. The average Bonchev–Trinajstić information content (AvgIpc) is 2.70.